The Hall–Kier alpha value is -0.930. The monoisotopic (exact) mass is 266 g/mol. The van der Waals surface area contributed by atoms with Gasteiger partial charge in [0.2, 0.25) is 0 Å². The highest BCUT2D eigenvalue weighted by Gasteiger charge is 2.17. The highest BCUT2D eigenvalue weighted by Crippen LogP contribution is 2.18. The number of benzene rings is 1. The van der Waals surface area contributed by atoms with Crippen LogP contribution in [0.4, 0.5) is 4.39 Å². The molecule has 1 N–H and O–H groups in total. The van der Waals surface area contributed by atoms with Crippen molar-refractivity contribution in [3.8, 4) is 0 Å². The van der Waals surface area contributed by atoms with Crippen LogP contribution >= 0.6 is 0 Å². The number of hydrogen-bond acceptors (Lipinski definition) is 2. The topological polar surface area (TPSA) is 15.3 Å². The van der Waals surface area contributed by atoms with E-state index in [-0.39, 0.29) is 11.9 Å². The van der Waals surface area contributed by atoms with Gasteiger partial charge in [0.15, 0.2) is 0 Å². The molecule has 0 spiro atoms. The van der Waals surface area contributed by atoms with Gasteiger partial charge in [-0.25, -0.2) is 4.39 Å². The molecule has 0 saturated heterocycles. The zero-order valence-electron chi connectivity index (χ0n) is 12.8. The van der Waals surface area contributed by atoms with E-state index >= 15 is 0 Å². The third-order valence-electron chi connectivity index (χ3n) is 3.20. The van der Waals surface area contributed by atoms with Crippen LogP contribution in [0.2, 0.25) is 0 Å². The molecular weight excluding hydrogens is 239 g/mol. The van der Waals surface area contributed by atoms with Gasteiger partial charge in [0.05, 0.1) is 0 Å². The molecule has 0 saturated carbocycles. The lowest BCUT2D eigenvalue weighted by Gasteiger charge is -2.27. The molecule has 0 heterocycles. The normalized spacial score (nSPS) is 14.9. The fourth-order valence-electron chi connectivity index (χ4n) is 2.47. The summed E-state index contributed by atoms with van der Waals surface area (Å²) in [6.45, 7) is 7.44. The van der Waals surface area contributed by atoms with E-state index in [1.165, 1.54) is 6.07 Å². The van der Waals surface area contributed by atoms with Gasteiger partial charge in [-0.15, -0.1) is 0 Å². The third-order valence-corrected chi connectivity index (χ3v) is 3.20. The summed E-state index contributed by atoms with van der Waals surface area (Å²) in [5, 5.41) is 3.56. The summed E-state index contributed by atoms with van der Waals surface area (Å²) in [6, 6.07) is 7.41. The zero-order chi connectivity index (χ0) is 14.4. The van der Waals surface area contributed by atoms with Crippen molar-refractivity contribution >= 4 is 0 Å². The van der Waals surface area contributed by atoms with Gasteiger partial charge in [-0.3, -0.25) is 0 Å². The summed E-state index contributed by atoms with van der Waals surface area (Å²) in [5.41, 5.74) is 0.745. The summed E-state index contributed by atoms with van der Waals surface area (Å²) in [4.78, 5) is 2.17. The SMILES string of the molecule is CC(C)CC(CN(C)C)NC(C)c1ccccc1F. The first kappa shape index (κ1) is 16.1. The molecule has 3 heteroatoms. The standard InChI is InChI=1S/C16H27FN2/c1-12(2)10-14(11-19(4)5)18-13(3)15-8-6-7-9-16(15)17/h6-9,12-14,18H,10-11H2,1-5H3. The van der Waals surface area contributed by atoms with Gasteiger partial charge in [0.1, 0.15) is 5.82 Å². The summed E-state index contributed by atoms with van der Waals surface area (Å²) in [5.74, 6) is 0.501. The maximum absolute atomic E-state index is 13.8. The molecule has 0 radical (unpaired) electrons. The maximum Gasteiger partial charge on any atom is 0.127 e. The van der Waals surface area contributed by atoms with E-state index in [4.69, 9.17) is 0 Å². The van der Waals surface area contributed by atoms with Gasteiger partial charge >= 0.3 is 0 Å². The molecule has 1 rings (SSSR count). The summed E-state index contributed by atoms with van der Waals surface area (Å²) in [6.07, 6.45) is 1.09. The maximum atomic E-state index is 13.8. The fourth-order valence-corrected chi connectivity index (χ4v) is 2.47. The molecule has 19 heavy (non-hydrogen) atoms. The first-order chi connectivity index (χ1) is 8.90. The minimum Gasteiger partial charge on any atom is -0.308 e. The smallest absolute Gasteiger partial charge is 0.127 e. The Morgan fingerprint density at radius 1 is 1.16 bits per heavy atom. The molecule has 1 aromatic carbocycles. The van der Waals surface area contributed by atoms with Crippen LogP contribution in [0, 0.1) is 11.7 Å². The fraction of sp³-hybridized carbons (Fsp3) is 0.625. The average Bonchev–Trinajstić information content (AvgIpc) is 2.27. The Balaban J connectivity index is 2.70. The predicted octanol–water partition coefficient (Wildman–Crippen LogP) is 3.45. The quantitative estimate of drug-likeness (QED) is 0.813. The van der Waals surface area contributed by atoms with Gasteiger partial charge in [-0.05, 0) is 39.4 Å². The van der Waals surface area contributed by atoms with Crippen LogP contribution in [-0.4, -0.2) is 31.6 Å². The number of hydrogen-bond donors (Lipinski definition) is 1. The second-order valence-electron chi connectivity index (χ2n) is 6.00. The van der Waals surface area contributed by atoms with E-state index < -0.39 is 0 Å². The van der Waals surface area contributed by atoms with Crippen LogP contribution in [0.25, 0.3) is 0 Å². The minimum absolute atomic E-state index is 0.0323. The van der Waals surface area contributed by atoms with Crippen molar-refractivity contribution < 1.29 is 4.39 Å². The van der Waals surface area contributed by atoms with E-state index in [0.717, 1.165) is 18.5 Å². The first-order valence-corrected chi connectivity index (χ1v) is 7.05. The van der Waals surface area contributed by atoms with Crippen molar-refractivity contribution in [1.82, 2.24) is 10.2 Å². The van der Waals surface area contributed by atoms with E-state index in [0.29, 0.717) is 12.0 Å². The molecule has 108 valence electrons. The molecule has 1 aromatic rings. The van der Waals surface area contributed by atoms with Gasteiger partial charge < -0.3 is 10.2 Å². The van der Waals surface area contributed by atoms with Crippen LogP contribution in [0.1, 0.15) is 38.8 Å². The number of nitrogens with one attached hydrogen (secondary N) is 1. The summed E-state index contributed by atoms with van der Waals surface area (Å²) < 4.78 is 13.8. The lowest BCUT2D eigenvalue weighted by Crippen LogP contribution is -2.40. The lowest BCUT2D eigenvalue weighted by atomic mass is 10.0. The van der Waals surface area contributed by atoms with Crippen LogP contribution in [0.15, 0.2) is 24.3 Å². The molecule has 0 bridgehead atoms. The van der Waals surface area contributed by atoms with Gasteiger partial charge in [0, 0.05) is 24.2 Å². The summed E-state index contributed by atoms with van der Waals surface area (Å²) >= 11 is 0. The van der Waals surface area contributed by atoms with Gasteiger partial charge in [0.25, 0.3) is 0 Å². The molecule has 2 nitrogen and oxygen atoms in total. The Morgan fingerprint density at radius 3 is 2.32 bits per heavy atom. The zero-order valence-corrected chi connectivity index (χ0v) is 12.8. The molecule has 0 fully saturated rings. The Labute approximate surface area is 117 Å². The third kappa shape index (κ3) is 5.70. The second kappa shape index (κ2) is 7.61. The largest absolute Gasteiger partial charge is 0.308 e. The second-order valence-corrected chi connectivity index (χ2v) is 6.00. The lowest BCUT2D eigenvalue weighted by molar-refractivity contribution is 0.289. The van der Waals surface area contributed by atoms with Gasteiger partial charge in [-0.1, -0.05) is 32.0 Å². The van der Waals surface area contributed by atoms with Crippen molar-refractivity contribution in [2.75, 3.05) is 20.6 Å². The van der Waals surface area contributed by atoms with Crippen molar-refractivity contribution in [1.29, 1.82) is 0 Å². The Bertz CT molecular complexity index is 367. The van der Waals surface area contributed by atoms with Crippen molar-refractivity contribution in [2.24, 2.45) is 5.92 Å². The van der Waals surface area contributed by atoms with Crippen molar-refractivity contribution in [3.63, 3.8) is 0 Å². The highest BCUT2D eigenvalue weighted by atomic mass is 19.1. The molecule has 2 unspecified atom stereocenters. The molecule has 0 aliphatic carbocycles. The first-order valence-electron chi connectivity index (χ1n) is 7.05. The summed E-state index contributed by atoms with van der Waals surface area (Å²) in [7, 11) is 4.14. The number of rotatable bonds is 7. The van der Waals surface area contributed by atoms with E-state index in [1.807, 2.05) is 19.1 Å². The Kier molecular flexibility index (Phi) is 6.46. The minimum atomic E-state index is -0.129. The molecule has 0 aliphatic rings. The van der Waals surface area contributed by atoms with Crippen molar-refractivity contribution in [2.45, 2.75) is 39.3 Å². The molecule has 2 atom stereocenters. The highest BCUT2D eigenvalue weighted by molar-refractivity contribution is 5.20. The van der Waals surface area contributed by atoms with Gasteiger partial charge in [-0.2, -0.15) is 0 Å². The molecular formula is C16H27FN2. The van der Waals surface area contributed by atoms with Crippen LogP contribution in [-0.2, 0) is 0 Å². The number of halogens is 1. The Morgan fingerprint density at radius 2 is 1.79 bits per heavy atom. The molecule has 0 amide bonds. The van der Waals surface area contributed by atoms with Crippen LogP contribution in [0.3, 0.4) is 0 Å². The van der Waals surface area contributed by atoms with E-state index in [1.54, 1.807) is 6.07 Å². The van der Waals surface area contributed by atoms with E-state index in [2.05, 4.69) is 38.2 Å². The van der Waals surface area contributed by atoms with Crippen LogP contribution in [0.5, 0.6) is 0 Å². The molecule has 0 aromatic heterocycles. The predicted molar refractivity (Wildman–Crippen MR) is 79.7 cm³/mol. The van der Waals surface area contributed by atoms with Crippen LogP contribution < -0.4 is 5.32 Å². The molecule has 0 aliphatic heterocycles. The average molecular weight is 266 g/mol. The van der Waals surface area contributed by atoms with E-state index in [9.17, 15) is 4.39 Å². The van der Waals surface area contributed by atoms with Crippen molar-refractivity contribution in [3.05, 3.63) is 35.6 Å². The number of nitrogens with zero attached hydrogens (tertiary/aromatic N) is 1. The number of likely N-dealkylation sites (N-methyl/N-ethyl adjacent to an activating group) is 1.